The third-order valence-corrected chi connectivity index (χ3v) is 3.72. The topological polar surface area (TPSA) is 56.3 Å². The summed E-state index contributed by atoms with van der Waals surface area (Å²) in [6.07, 6.45) is 0.805. The molecule has 0 saturated heterocycles. The van der Waals surface area contributed by atoms with Crippen LogP contribution in [0.4, 0.5) is 0 Å². The summed E-state index contributed by atoms with van der Waals surface area (Å²) in [5, 5.41) is 0. The summed E-state index contributed by atoms with van der Waals surface area (Å²) in [6.45, 7) is 0. The first-order chi connectivity index (χ1) is 12.7. The minimum absolute atomic E-state index is 0.271. The maximum Gasteiger partial charge on any atom is 0.356 e. The summed E-state index contributed by atoms with van der Waals surface area (Å²) in [4.78, 5) is 26.6. The number of carbonyl (C=O) groups excluding carboxylic acids is 2. The van der Waals surface area contributed by atoms with Crippen molar-refractivity contribution in [2.24, 2.45) is 0 Å². The second-order valence-corrected chi connectivity index (χ2v) is 5.47. The van der Waals surface area contributed by atoms with Gasteiger partial charge in [0.2, 0.25) is 0 Å². The first-order valence-corrected chi connectivity index (χ1v) is 7.92. The molecular weight excluding hydrogens is 326 g/mol. The fourth-order valence-electron chi connectivity index (χ4n) is 2.33. The van der Waals surface area contributed by atoms with Crippen molar-refractivity contribution in [1.29, 1.82) is 0 Å². The van der Waals surface area contributed by atoms with Gasteiger partial charge in [-0.15, -0.1) is 0 Å². The average molecular weight is 341 g/mol. The predicted octanol–water partition coefficient (Wildman–Crippen LogP) is 3.75. The molecule has 0 atom stereocenters. The molecule has 0 aliphatic heterocycles. The smallest absolute Gasteiger partial charge is 0.356 e. The Kier molecular flexibility index (Phi) is 5.21. The van der Waals surface area contributed by atoms with Gasteiger partial charge in [-0.25, -0.2) is 9.78 Å². The van der Waals surface area contributed by atoms with Crippen LogP contribution in [0.2, 0.25) is 0 Å². The highest BCUT2D eigenvalue weighted by molar-refractivity contribution is 5.87. The fourth-order valence-corrected chi connectivity index (χ4v) is 2.33. The second kappa shape index (κ2) is 7.91. The zero-order chi connectivity index (χ0) is 18.4. The SMILES string of the molecule is COC(=O)c1cccc(-c2ccc(C#Cc3ccc(C=O)cc3)cc2)n1. The zero-order valence-electron chi connectivity index (χ0n) is 14.1. The summed E-state index contributed by atoms with van der Waals surface area (Å²) < 4.78 is 4.70. The first kappa shape index (κ1) is 17.1. The third-order valence-electron chi connectivity index (χ3n) is 3.72. The first-order valence-electron chi connectivity index (χ1n) is 7.92. The largest absolute Gasteiger partial charge is 0.464 e. The van der Waals surface area contributed by atoms with Crippen LogP contribution < -0.4 is 0 Å². The molecule has 0 amide bonds. The molecule has 26 heavy (non-hydrogen) atoms. The number of pyridine rings is 1. The highest BCUT2D eigenvalue weighted by Gasteiger charge is 2.08. The molecule has 1 heterocycles. The Morgan fingerprint density at radius 1 is 0.923 bits per heavy atom. The second-order valence-electron chi connectivity index (χ2n) is 5.47. The molecule has 0 radical (unpaired) electrons. The van der Waals surface area contributed by atoms with Gasteiger partial charge < -0.3 is 4.74 Å². The van der Waals surface area contributed by atoms with Crippen LogP contribution in [-0.2, 0) is 4.74 Å². The number of carbonyl (C=O) groups is 2. The number of aromatic nitrogens is 1. The van der Waals surface area contributed by atoms with Crippen LogP contribution >= 0.6 is 0 Å². The van der Waals surface area contributed by atoms with E-state index < -0.39 is 5.97 Å². The van der Waals surface area contributed by atoms with E-state index in [4.69, 9.17) is 4.74 Å². The molecule has 0 saturated carbocycles. The van der Waals surface area contributed by atoms with Gasteiger partial charge >= 0.3 is 5.97 Å². The van der Waals surface area contributed by atoms with Crippen LogP contribution in [0.25, 0.3) is 11.3 Å². The van der Waals surface area contributed by atoms with Crippen molar-refractivity contribution >= 4 is 12.3 Å². The Morgan fingerprint density at radius 3 is 2.12 bits per heavy atom. The predicted molar refractivity (Wildman–Crippen MR) is 98.8 cm³/mol. The maximum absolute atomic E-state index is 11.6. The van der Waals surface area contributed by atoms with Gasteiger partial charge in [0.25, 0.3) is 0 Å². The minimum atomic E-state index is -0.463. The number of hydrogen-bond acceptors (Lipinski definition) is 4. The van der Waals surface area contributed by atoms with Crippen LogP contribution in [0.3, 0.4) is 0 Å². The van der Waals surface area contributed by atoms with E-state index in [1.807, 2.05) is 42.5 Å². The van der Waals surface area contributed by atoms with Crippen LogP contribution in [0.1, 0.15) is 32.0 Å². The summed E-state index contributed by atoms with van der Waals surface area (Å²) in [5.74, 6) is 5.68. The molecule has 3 aromatic rings. The molecule has 0 aliphatic rings. The third kappa shape index (κ3) is 4.03. The number of nitrogens with zero attached hydrogens (tertiary/aromatic N) is 1. The lowest BCUT2D eigenvalue weighted by atomic mass is 10.1. The molecule has 3 rings (SSSR count). The van der Waals surface area contributed by atoms with Crippen LogP contribution in [0, 0.1) is 11.8 Å². The number of aldehydes is 1. The molecule has 4 nitrogen and oxygen atoms in total. The summed E-state index contributed by atoms with van der Waals surface area (Å²) >= 11 is 0. The maximum atomic E-state index is 11.6. The van der Waals surface area contributed by atoms with Crippen molar-refractivity contribution in [2.45, 2.75) is 0 Å². The Morgan fingerprint density at radius 2 is 1.54 bits per heavy atom. The van der Waals surface area contributed by atoms with E-state index in [2.05, 4.69) is 16.8 Å². The van der Waals surface area contributed by atoms with Crippen LogP contribution in [0.5, 0.6) is 0 Å². The van der Waals surface area contributed by atoms with Gasteiger partial charge in [-0.05, 0) is 36.4 Å². The molecule has 4 heteroatoms. The molecule has 0 unspecified atom stereocenters. The number of esters is 1. The molecule has 126 valence electrons. The number of hydrogen-bond donors (Lipinski definition) is 0. The highest BCUT2D eigenvalue weighted by Crippen LogP contribution is 2.18. The highest BCUT2D eigenvalue weighted by atomic mass is 16.5. The lowest BCUT2D eigenvalue weighted by Gasteiger charge is -2.03. The van der Waals surface area contributed by atoms with Crippen molar-refractivity contribution in [1.82, 2.24) is 4.98 Å². The molecule has 0 fully saturated rings. The number of benzene rings is 2. The normalized spacial score (nSPS) is 9.73. The lowest BCUT2D eigenvalue weighted by Crippen LogP contribution is -2.04. The van der Waals surface area contributed by atoms with Gasteiger partial charge in [0.15, 0.2) is 0 Å². The van der Waals surface area contributed by atoms with E-state index in [0.717, 1.165) is 23.0 Å². The van der Waals surface area contributed by atoms with Crippen molar-refractivity contribution < 1.29 is 14.3 Å². The summed E-state index contributed by atoms with van der Waals surface area (Å²) in [7, 11) is 1.33. The van der Waals surface area contributed by atoms with Gasteiger partial charge in [-0.1, -0.05) is 42.2 Å². The zero-order valence-corrected chi connectivity index (χ0v) is 14.1. The van der Waals surface area contributed by atoms with Crippen molar-refractivity contribution in [2.75, 3.05) is 7.11 Å². The lowest BCUT2D eigenvalue weighted by molar-refractivity contribution is 0.0594. The number of ether oxygens (including phenoxy) is 1. The fraction of sp³-hybridized carbons (Fsp3) is 0.0455. The van der Waals surface area contributed by atoms with E-state index in [1.165, 1.54) is 7.11 Å². The molecule has 0 aliphatic carbocycles. The molecule has 2 aromatic carbocycles. The Hall–Kier alpha value is -3.71. The quantitative estimate of drug-likeness (QED) is 0.414. The van der Waals surface area contributed by atoms with Gasteiger partial charge in [0.1, 0.15) is 12.0 Å². The van der Waals surface area contributed by atoms with Gasteiger partial charge in [0, 0.05) is 22.3 Å². The van der Waals surface area contributed by atoms with Gasteiger partial charge in [-0.3, -0.25) is 4.79 Å². The number of methoxy groups -OCH3 is 1. The molecule has 1 aromatic heterocycles. The van der Waals surface area contributed by atoms with Crippen LogP contribution in [-0.4, -0.2) is 24.3 Å². The van der Waals surface area contributed by atoms with Crippen molar-refractivity contribution in [3.8, 4) is 23.1 Å². The van der Waals surface area contributed by atoms with Crippen molar-refractivity contribution in [3.05, 3.63) is 89.1 Å². The van der Waals surface area contributed by atoms with Crippen LogP contribution in [0.15, 0.2) is 66.7 Å². The van der Waals surface area contributed by atoms with Crippen molar-refractivity contribution in [3.63, 3.8) is 0 Å². The molecular formula is C22H15NO3. The Balaban J connectivity index is 1.80. The van der Waals surface area contributed by atoms with Gasteiger partial charge in [0.05, 0.1) is 12.8 Å². The summed E-state index contributed by atoms with van der Waals surface area (Å²) in [6, 6.07) is 19.9. The minimum Gasteiger partial charge on any atom is -0.464 e. The molecule has 0 spiro atoms. The average Bonchev–Trinajstić information content (AvgIpc) is 2.72. The molecule has 0 N–H and O–H groups in total. The number of rotatable bonds is 3. The van der Waals surface area contributed by atoms with E-state index in [-0.39, 0.29) is 5.69 Å². The molecule has 0 bridgehead atoms. The van der Waals surface area contributed by atoms with E-state index in [9.17, 15) is 9.59 Å². The Bertz CT molecular complexity index is 994. The van der Waals surface area contributed by atoms with E-state index in [0.29, 0.717) is 11.3 Å². The van der Waals surface area contributed by atoms with Gasteiger partial charge in [-0.2, -0.15) is 0 Å². The van der Waals surface area contributed by atoms with E-state index in [1.54, 1.807) is 24.3 Å². The monoisotopic (exact) mass is 341 g/mol. The Labute approximate surface area is 151 Å². The standard InChI is InChI=1S/C22H15NO3/c1-26-22(25)21-4-2-3-20(23-21)19-13-11-17(12-14-19)6-5-16-7-9-18(15-24)10-8-16/h2-4,7-15H,1H3. The summed E-state index contributed by atoms with van der Waals surface area (Å²) in [5.41, 5.74) is 4.17. The van der Waals surface area contributed by atoms with E-state index >= 15 is 0 Å².